The number of rotatable bonds is 3. The molecule has 1 rings (SSSR count). The maximum atomic E-state index is 11.0. The van der Waals surface area contributed by atoms with Crippen LogP contribution in [0.2, 0.25) is 0 Å². The standard InChI is InChI=1S/C3H5O4PS2/c1-2-3-5-8(4)6-9-10-7-8/h2H,1,3H2. The summed E-state index contributed by atoms with van der Waals surface area (Å²) >= 11 is 1.81. The van der Waals surface area contributed by atoms with Crippen molar-refractivity contribution in [1.82, 2.24) is 0 Å². The Balaban J connectivity index is 2.36. The lowest BCUT2D eigenvalue weighted by molar-refractivity contribution is 0.256. The number of hydrogen-bond acceptors (Lipinski definition) is 6. The zero-order valence-electron chi connectivity index (χ0n) is 4.89. The van der Waals surface area contributed by atoms with Crippen LogP contribution in [-0.2, 0) is 17.0 Å². The quantitative estimate of drug-likeness (QED) is 0.302. The van der Waals surface area contributed by atoms with Crippen molar-refractivity contribution in [3.05, 3.63) is 12.7 Å². The van der Waals surface area contributed by atoms with Crippen molar-refractivity contribution in [3.63, 3.8) is 0 Å². The molecule has 0 N–H and O–H groups in total. The van der Waals surface area contributed by atoms with E-state index in [0.717, 1.165) is 22.1 Å². The predicted molar refractivity (Wildman–Crippen MR) is 41.1 cm³/mol. The van der Waals surface area contributed by atoms with E-state index in [1.165, 1.54) is 6.08 Å². The van der Waals surface area contributed by atoms with Crippen LogP contribution in [0.4, 0.5) is 0 Å². The third-order valence-electron chi connectivity index (χ3n) is 0.622. The smallest absolute Gasteiger partial charge is 0.281 e. The number of phosphoric acid groups is 1. The molecule has 0 saturated carbocycles. The van der Waals surface area contributed by atoms with Gasteiger partial charge in [0.05, 0.1) is 6.61 Å². The lowest BCUT2D eigenvalue weighted by atomic mass is 10.7. The van der Waals surface area contributed by atoms with Crippen molar-refractivity contribution in [3.8, 4) is 0 Å². The Bertz CT molecular complexity index is 162. The fourth-order valence-electron chi connectivity index (χ4n) is 0.299. The molecule has 4 nitrogen and oxygen atoms in total. The molecule has 1 saturated heterocycles. The van der Waals surface area contributed by atoms with Gasteiger partial charge in [0.15, 0.2) is 0 Å². The third kappa shape index (κ3) is 2.30. The normalized spacial score (nSPS) is 22.8. The van der Waals surface area contributed by atoms with Crippen molar-refractivity contribution in [2.45, 2.75) is 0 Å². The minimum absolute atomic E-state index is 0.165. The summed E-state index contributed by atoms with van der Waals surface area (Å²) in [7, 11) is -3.23. The van der Waals surface area contributed by atoms with Crippen molar-refractivity contribution >= 4 is 30.0 Å². The van der Waals surface area contributed by atoms with E-state index < -0.39 is 7.82 Å². The second-order valence-electron chi connectivity index (χ2n) is 1.32. The van der Waals surface area contributed by atoms with Crippen LogP contribution in [0.1, 0.15) is 0 Å². The molecule has 0 amide bonds. The van der Waals surface area contributed by atoms with E-state index in [2.05, 4.69) is 14.5 Å². The summed E-state index contributed by atoms with van der Waals surface area (Å²) in [5.41, 5.74) is 0. The van der Waals surface area contributed by atoms with Crippen molar-refractivity contribution in [2.24, 2.45) is 0 Å². The molecule has 0 aromatic heterocycles. The molecular weight excluding hydrogens is 195 g/mol. The molecule has 0 unspecified atom stereocenters. The highest BCUT2D eigenvalue weighted by Gasteiger charge is 2.34. The highest BCUT2D eigenvalue weighted by Crippen LogP contribution is 2.65. The van der Waals surface area contributed by atoms with E-state index in [1.54, 1.807) is 0 Å². The molecule has 10 heavy (non-hydrogen) atoms. The highest BCUT2D eigenvalue weighted by molar-refractivity contribution is 8.75. The lowest BCUT2D eigenvalue weighted by Gasteiger charge is -2.03. The molecule has 0 radical (unpaired) electrons. The Kier molecular flexibility index (Phi) is 3.29. The summed E-state index contributed by atoms with van der Waals surface area (Å²) in [6.07, 6.45) is 1.47. The molecular formula is C3H5O4PS2. The lowest BCUT2D eigenvalue weighted by Crippen LogP contribution is -1.87. The van der Waals surface area contributed by atoms with Crippen LogP contribution in [-0.4, -0.2) is 6.61 Å². The summed E-state index contributed by atoms with van der Waals surface area (Å²) in [5.74, 6) is 0. The molecule has 0 aromatic carbocycles. The first-order valence-electron chi connectivity index (χ1n) is 2.34. The third-order valence-corrected chi connectivity index (χ3v) is 4.35. The van der Waals surface area contributed by atoms with Gasteiger partial charge in [-0.3, -0.25) is 4.52 Å². The Morgan fingerprint density at radius 3 is 2.70 bits per heavy atom. The van der Waals surface area contributed by atoms with E-state index >= 15 is 0 Å². The van der Waals surface area contributed by atoms with E-state index in [1.807, 2.05) is 0 Å². The maximum Gasteiger partial charge on any atom is 0.499 e. The van der Waals surface area contributed by atoms with Gasteiger partial charge >= 0.3 is 7.82 Å². The van der Waals surface area contributed by atoms with Crippen LogP contribution in [0.5, 0.6) is 0 Å². The SMILES string of the molecule is C=CCOP1(=O)OSSO1. The zero-order valence-corrected chi connectivity index (χ0v) is 7.42. The molecule has 0 spiro atoms. The second kappa shape index (κ2) is 3.80. The fraction of sp³-hybridized carbons (Fsp3) is 0.333. The highest BCUT2D eigenvalue weighted by atomic mass is 33.1. The average molecular weight is 200 g/mol. The van der Waals surface area contributed by atoms with E-state index in [4.69, 9.17) is 4.52 Å². The first-order valence-corrected chi connectivity index (χ1v) is 5.80. The molecule has 0 atom stereocenters. The van der Waals surface area contributed by atoms with E-state index in [-0.39, 0.29) is 6.61 Å². The minimum Gasteiger partial charge on any atom is -0.281 e. The van der Waals surface area contributed by atoms with Gasteiger partial charge < -0.3 is 0 Å². The summed E-state index contributed by atoms with van der Waals surface area (Å²) in [4.78, 5) is 0. The van der Waals surface area contributed by atoms with Crippen LogP contribution in [0, 0.1) is 0 Å². The molecule has 0 bridgehead atoms. The summed E-state index contributed by atoms with van der Waals surface area (Å²) < 4.78 is 24.9. The van der Waals surface area contributed by atoms with Gasteiger partial charge in [-0.05, 0) is 0 Å². The van der Waals surface area contributed by atoms with Gasteiger partial charge in [-0.25, -0.2) is 12.5 Å². The van der Waals surface area contributed by atoms with Crippen molar-refractivity contribution in [1.29, 1.82) is 0 Å². The van der Waals surface area contributed by atoms with Crippen LogP contribution < -0.4 is 0 Å². The summed E-state index contributed by atoms with van der Waals surface area (Å²) in [6.45, 7) is 3.55. The van der Waals surface area contributed by atoms with Crippen LogP contribution in [0.15, 0.2) is 12.7 Å². The molecule has 7 heteroatoms. The second-order valence-corrected chi connectivity index (χ2v) is 4.75. The van der Waals surface area contributed by atoms with Gasteiger partial charge in [-0.1, -0.05) is 6.08 Å². The van der Waals surface area contributed by atoms with Gasteiger partial charge in [0.1, 0.15) is 22.1 Å². The van der Waals surface area contributed by atoms with Gasteiger partial charge in [0.25, 0.3) is 0 Å². The van der Waals surface area contributed by atoms with Gasteiger partial charge in [-0.15, -0.1) is 6.58 Å². The Morgan fingerprint density at radius 2 is 2.20 bits per heavy atom. The molecule has 1 aliphatic rings. The minimum atomic E-state index is -3.23. The Morgan fingerprint density at radius 1 is 1.60 bits per heavy atom. The van der Waals surface area contributed by atoms with Crippen LogP contribution >= 0.6 is 30.0 Å². The molecule has 0 aromatic rings. The number of hydrogen-bond donors (Lipinski definition) is 0. The molecule has 0 aliphatic carbocycles. The van der Waals surface area contributed by atoms with Crippen molar-refractivity contribution in [2.75, 3.05) is 6.61 Å². The maximum absolute atomic E-state index is 11.0. The van der Waals surface area contributed by atoms with Crippen LogP contribution in [0.3, 0.4) is 0 Å². The van der Waals surface area contributed by atoms with Gasteiger partial charge in [0.2, 0.25) is 0 Å². The molecule has 1 fully saturated rings. The fourth-order valence-corrected chi connectivity index (χ4v) is 3.84. The molecule has 58 valence electrons. The van der Waals surface area contributed by atoms with Crippen molar-refractivity contribution < 1.29 is 17.0 Å². The first-order chi connectivity index (χ1) is 4.77. The first kappa shape index (κ1) is 8.64. The molecule has 1 aliphatic heterocycles. The monoisotopic (exact) mass is 200 g/mol. The summed E-state index contributed by atoms with van der Waals surface area (Å²) in [6, 6.07) is 0. The van der Waals surface area contributed by atoms with E-state index in [0.29, 0.717) is 0 Å². The van der Waals surface area contributed by atoms with Gasteiger partial charge in [0, 0.05) is 0 Å². The Hall–Kier alpha value is 0.550. The summed E-state index contributed by atoms with van der Waals surface area (Å²) in [5, 5.41) is 0. The predicted octanol–water partition coefficient (Wildman–Crippen LogP) is 2.56. The molecule has 1 heterocycles. The Labute approximate surface area is 66.7 Å². The topological polar surface area (TPSA) is 44.8 Å². The largest absolute Gasteiger partial charge is 0.499 e. The average Bonchev–Trinajstić information content (AvgIpc) is 2.33. The van der Waals surface area contributed by atoms with E-state index in [9.17, 15) is 4.57 Å². The zero-order chi connectivity index (χ0) is 7.45. The van der Waals surface area contributed by atoms with Gasteiger partial charge in [-0.2, -0.15) is 0 Å². The van der Waals surface area contributed by atoms with Crippen LogP contribution in [0.25, 0.3) is 0 Å².